The van der Waals surface area contributed by atoms with Crippen LogP contribution in [0.5, 0.6) is 11.5 Å². The van der Waals surface area contributed by atoms with E-state index < -0.39 is 0 Å². The van der Waals surface area contributed by atoms with Crippen molar-refractivity contribution in [3.8, 4) is 11.5 Å². The van der Waals surface area contributed by atoms with E-state index >= 15 is 0 Å². The molecule has 1 aromatic heterocycles. The topological polar surface area (TPSA) is 59.1 Å². The first-order chi connectivity index (χ1) is 15.8. The van der Waals surface area contributed by atoms with Gasteiger partial charge < -0.3 is 15.4 Å². The lowest BCUT2D eigenvalue weighted by Gasteiger charge is -2.17. The number of aromatic nitrogens is 2. The molecular formula is C26H25IN4O. The highest BCUT2D eigenvalue weighted by atomic mass is 127. The van der Waals surface area contributed by atoms with Crippen LogP contribution in [-0.2, 0) is 6.54 Å². The standard InChI is InChI=1S/C26H25IN4O/c27-22-14-8-16-24(32-19-11-2-1-3-12-19)21(22)17-28-26-30-23-15-7-6-13-20(23)25(31-26)29-18-9-4-5-10-18/h1-3,6-8,11-16,18H,4-5,9-10,17H2,(H2,28,29,30,31). The molecule has 2 N–H and O–H groups in total. The second kappa shape index (κ2) is 9.73. The Morgan fingerprint density at radius 2 is 1.66 bits per heavy atom. The Kier molecular flexibility index (Phi) is 6.39. The summed E-state index contributed by atoms with van der Waals surface area (Å²) in [4.78, 5) is 9.61. The Labute approximate surface area is 201 Å². The van der Waals surface area contributed by atoms with Gasteiger partial charge in [0, 0.05) is 27.1 Å². The van der Waals surface area contributed by atoms with E-state index in [2.05, 4.69) is 45.4 Å². The van der Waals surface area contributed by atoms with Crippen LogP contribution in [-0.4, -0.2) is 16.0 Å². The van der Waals surface area contributed by atoms with E-state index in [0.29, 0.717) is 18.5 Å². The van der Waals surface area contributed by atoms with Crippen molar-refractivity contribution in [1.29, 1.82) is 0 Å². The van der Waals surface area contributed by atoms with Gasteiger partial charge in [-0.3, -0.25) is 0 Å². The highest BCUT2D eigenvalue weighted by Crippen LogP contribution is 2.30. The summed E-state index contributed by atoms with van der Waals surface area (Å²) in [7, 11) is 0. The molecule has 1 heterocycles. The molecule has 1 aliphatic carbocycles. The lowest BCUT2D eigenvalue weighted by molar-refractivity contribution is 0.476. The van der Waals surface area contributed by atoms with Gasteiger partial charge in [0.1, 0.15) is 17.3 Å². The third-order valence-electron chi connectivity index (χ3n) is 5.77. The van der Waals surface area contributed by atoms with Gasteiger partial charge >= 0.3 is 0 Å². The first-order valence-corrected chi connectivity index (χ1v) is 12.1. The van der Waals surface area contributed by atoms with Gasteiger partial charge in [0.05, 0.1) is 5.52 Å². The summed E-state index contributed by atoms with van der Waals surface area (Å²) in [5.74, 6) is 3.18. The molecule has 32 heavy (non-hydrogen) atoms. The minimum atomic E-state index is 0.488. The largest absolute Gasteiger partial charge is 0.457 e. The van der Waals surface area contributed by atoms with Crippen LogP contribution in [0.1, 0.15) is 31.2 Å². The van der Waals surface area contributed by atoms with Gasteiger partial charge in [0.25, 0.3) is 0 Å². The summed E-state index contributed by atoms with van der Waals surface area (Å²) >= 11 is 2.35. The Bertz CT molecular complexity index is 1210. The van der Waals surface area contributed by atoms with E-state index in [1.54, 1.807) is 0 Å². The fourth-order valence-electron chi connectivity index (χ4n) is 4.12. The van der Waals surface area contributed by atoms with Crippen molar-refractivity contribution in [3.05, 3.63) is 81.9 Å². The zero-order chi connectivity index (χ0) is 21.8. The van der Waals surface area contributed by atoms with Crippen molar-refractivity contribution < 1.29 is 4.74 Å². The number of rotatable bonds is 7. The van der Waals surface area contributed by atoms with E-state index in [9.17, 15) is 0 Å². The zero-order valence-corrected chi connectivity index (χ0v) is 19.9. The van der Waals surface area contributed by atoms with Crippen molar-refractivity contribution in [2.45, 2.75) is 38.3 Å². The van der Waals surface area contributed by atoms with Crippen LogP contribution in [0.15, 0.2) is 72.8 Å². The van der Waals surface area contributed by atoms with Gasteiger partial charge in [-0.15, -0.1) is 0 Å². The molecule has 3 aromatic carbocycles. The zero-order valence-electron chi connectivity index (χ0n) is 17.7. The van der Waals surface area contributed by atoms with E-state index in [1.165, 1.54) is 25.7 Å². The molecule has 0 aliphatic heterocycles. The van der Waals surface area contributed by atoms with Gasteiger partial charge in [-0.05, 0) is 71.8 Å². The van der Waals surface area contributed by atoms with Crippen molar-refractivity contribution in [2.24, 2.45) is 0 Å². The Morgan fingerprint density at radius 1 is 0.875 bits per heavy atom. The average molecular weight is 536 g/mol. The molecular weight excluding hydrogens is 511 g/mol. The minimum Gasteiger partial charge on any atom is -0.457 e. The lowest BCUT2D eigenvalue weighted by Crippen LogP contribution is -2.17. The molecule has 0 spiro atoms. The van der Waals surface area contributed by atoms with Crippen molar-refractivity contribution in [1.82, 2.24) is 9.97 Å². The summed E-state index contributed by atoms with van der Waals surface area (Å²) in [6.07, 6.45) is 4.96. The molecule has 0 atom stereocenters. The molecule has 5 nitrogen and oxygen atoms in total. The van der Waals surface area contributed by atoms with Gasteiger partial charge in [0.2, 0.25) is 5.95 Å². The molecule has 0 unspecified atom stereocenters. The van der Waals surface area contributed by atoms with E-state index in [4.69, 9.17) is 14.7 Å². The molecule has 0 saturated heterocycles. The van der Waals surface area contributed by atoms with Crippen LogP contribution in [0.3, 0.4) is 0 Å². The number of hydrogen-bond acceptors (Lipinski definition) is 5. The first-order valence-electron chi connectivity index (χ1n) is 11.0. The molecule has 6 heteroatoms. The maximum atomic E-state index is 6.16. The van der Waals surface area contributed by atoms with Gasteiger partial charge in [-0.25, -0.2) is 4.98 Å². The monoisotopic (exact) mass is 536 g/mol. The number of para-hydroxylation sites is 2. The van der Waals surface area contributed by atoms with Crippen molar-refractivity contribution >= 4 is 45.3 Å². The summed E-state index contributed by atoms with van der Waals surface area (Å²) in [5, 5.41) is 8.16. The highest BCUT2D eigenvalue weighted by molar-refractivity contribution is 14.1. The van der Waals surface area contributed by atoms with E-state index in [-0.39, 0.29) is 0 Å². The number of hydrogen-bond donors (Lipinski definition) is 2. The summed E-state index contributed by atoms with van der Waals surface area (Å²) in [6.45, 7) is 0.572. The van der Waals surface area contributed by atoms with Crippen LogP contribution in [0.4, 0.5) is 11.8 Å². The minimum absolute atomic E-state index is 0.488. The summed E-state index contributed by atoms with van der Waals surface area (Å²) in [5.41, 5.74) is 2.02. The fraction of sp³-hybridized carbons (Fsp3) is 0.231. The number of halogens is 1. The van der Waals surface area contributed by atoms with Crippen LogP contribution < -0.4 is 15.4 Å². The molecule has 4 aromatic rings. The number of benzene rings is 3. The van der Waals surface area contributed by atoms with Crippen molar-refractivity contribution in [3.63, 3.8) is 0 Å². The molecule has 0 radical (unpaired) electrons. The number of fused-ring (bicyclic) bond motifs is 1. The predicted octanol–water partition coefficient (Wildman–Crippen LogP) is 6.99. The first kappa shape index (κ1) is 21.0. The third kappa shape index (κ3) is 4.80. The van der Waals surface area contributed by atoms with Gasteiger partial charge in [0.15, 0.2) is 0 Å². The second-order valence-corrected chi connectivity index (χ2v) is 9.19. The Hall–Kier alpha value is -2.87. The quantitative estimate of drug-likeness (QED) is 0.249. The van der Waals surface area contributed by atoms with Crippen molar-refractivity contribution in [2.75, 3.05) is 10.6 Å². The molecule has 5 rings (SSSR count). The van der Waals surface area contributed by atoms with Crippen LogP contribution in [0.25, 0.3) is 10.9 Å². The Morgan fingerprint density at radius 3 is 2.50 bits per heavy atom. The maximum absolute atomic E-state index is 6.16. The number of nitrogens with one attached hydrogen (secondary N) is 2. The smallest absolute Gasteiger partial charge is 0.225 e. The summed E-state index contributed by atoms with van der Waals surface area (Å²) < 4.78 is 7.30. The van der Waals surface area contributed by atoms with Gasteiger partial charge in [-0.1, -0.05) is 49.2 Å². The highest BCUT2D eigenvalue weighted by Gasteiger charge is 2.17. The number of nitrogens with zero attached hydrogens (tertiary/aromatic N) is 2. The molecule has 162 valence electrons. The van der Waals surface area contributed by atoms with Gasteiger partial charge in [-0.2, -0.15) is 4.98 Å². The lowest BCUT2D eigenvalue weighted by atomic mass is 10.2. The maximum Gasteiger partial charge on any atom is 0.225 e. The van der Waals surface area contributed by atoms with E-state index in [0.717, 1.165) is 37.4 Å². The fourth-order valence-corrected chi connectivity index (χ4v) is 4.78. The van der Waals surface area contributed by atoms with Crippen LogP contribution >= 0.6 is 22.6 Å². The summed E-state index contributed by atoms with van der Waals surface area (Å²) in [6, 6.07) is 24.6. The average Bonchev–Trinajstić information content (AvgIpc) is 3.33. The molecule has 1 saturated carbocycles. The third-order valence-corrected chi connectivity index (χ3v) is 6.78. The second-order valence-electron chi connectivity index (χ2n) is 8.02. The number of ether oxygens (including phenoxy) is 1. The number of anilines is 2. The van der Waals surface area contributed by atoms with Crippen LogP contribution in [0, 0.1) is 3.57 Å². The van der Waals surface area contributed by atoms with E-state index in [1.807, 2.05) is 60.7 Å². The predicted molar refractivity (Wildman–Crippen MR) is 138 cm³/mol. The molecule has 1 fully saturated rings. The molecule has 1 aliphatic rings. The molecule has 0 amide bonds. The molecule has 0 bridgehead atoms. The normalized spacial score (nSPS) is 13.9. The SMILES string of the molecule is Ic1cccc(Oc2ccccc2)c1CNc1nc(NC2CCCC2)c2ccccc2n1. The van der Waals surface area contributed by atoms with Crippen LogP contribution in [0.2, 0.25) is 0 Å². The Balaban J connectivity index is 1.41.